The Hall–Kier alpha value is -1.26. The first-order valence-electron chi connectivity index (χ1n) is 5.80. The maximum Gasteiger partial charge on any atom is 0.323 e. The van der Waals surface area contributed by atoms with Crippen molar-refractivity contribution in [3.63, 3.8) is 0 Å². The number of carbonyl (C=O) groups excluding carboxylic acids is 1. The van der Waals surface area contributed by atoms with Crippen LogP contribution >= 0.6 is 0 Å². The fourth-order valence-electron chi connectivity index (χ4n) is 1.40. The van der Waals surface area contributed by atoms with Gasteiger partial charge in [0.2, 0.25) is 0 Å². The quantitative estimate of drug-likeness (QED) is 0.719. The summed E-state index contributed by atoms with van der Waals surface area (Å²) in [6, 6.07) is -0.174. The minimum Gasteiger partial charge on any atom is -0.480 e. The summed E-state index contributed by atoms with van der Waals surface area (Å²) in [6.07, 6.45) is 3.05. The molecule has 5 nitrogen and oxygen atoms in total. The maximum absolute atomic E-state index is 11.8. The van der Waals surface area contributed by atoms with Gasteiger partial charge in [0.1, 0.15) is 6.54 Å². The summed E-state index contributed by atoms with van der Waals surface area (Å²) in [6.45, 7) is 4.24. The van der Waals surface area contributed by atoms with E-state index in [4.69, 9.17) is 5.11 Å². The zero-order valence-corrected chi connectivity index (χ0v) is 9.90. The van der Waals surface area contributed by atoms with Crippen LogP contribution in [0.4, 0.5) is 4.79 Å². The predicted octanol–water partition coefficient (Wildman–Crippen LogP) is 1.29. The monoisotopic (exact) mass is 228 g/mol. The number of nitrogens with zero attached hydrogens (tertiary/aromatic N) is 1. The second-order valence-corrected chi connectivity index (χ2v) is 4.48. The summed E-state index contributed by atoms with van der Waals surface area (Å²) < 4.78 is 0. The Morgan fingerprint density at radius 1 is 1.50 bits per heavy atom. The molecule has 1 unspecified atom stereocenters. The molecule has 1 rings (SSSR count). The number of aliphatic carboxylic acids is 1. The van der Waals surface area contributed by atoms with Crippen molar-refractivity contribution in [2.45, 2.75) is 39.2 Å². The number of hydrogen-bond donors (Lipinski definition) is 2. The standard InChI is InChI=1S/C11H20N2O3/c1-3-8(2)12-11(16)13(7-10(14)15)6-9-4-5-9/h8-9H,3-7H2,1-2H3,(H,12,16)(H,14,15). The molecule has 0 aliphatic heterocycles. The number of carbonyl (C=O) groups is 2. The third-order valence-corrected chi connectivity index (χ3v) is 2.77. The minimum atomic E-state index is -0.958. The normalized spacial score (nSPS) is 16.6. The molecule has 16 heavy (non-hydrogen) atoms. The zero-order chi connectivity index (χ0) is 12.1. The first-order valence-corrected chi connectivity index (χ1v) is 5.80. The van der Waals surface area contributed by atoms with Gasteiger partial charge < -0.3 is 15.3 Å². The maximum atomic E-state index is 11.8. The van der Waals surface area contributed by atoms with Crippen molar-refractivity contribution in [2.24, 2.45) is 5.92 Å². The molecule has 0 aromatic carbocycles. The second kappa shape index (κ2) is 5.72. The summed E-state index contributed by atoms with van der Waals surface area (Å²) in [4.78, 5) is 23.8. The molecule has 92 valence electrons. The van der Waals surface area contributed by atoms with Crippen LogP contribution < -0.4 is 5.32 Å². The lowest BCUT2D eigenvalue weighted by Gasteiger charge is -2.23. The van der Waals surface area contributed by atoms with E-state index >= 15 is 0 Å². The topological polar surface area (TPSA) is 69.6 Å². The van der Waals surface area contributed by atoms with E-state index < -0.39 is 5.97 Å². The highest BCUT2D eigenvalue weighted by Gasteiger charge is 2.28. The van der Waals surface area contributed by atoms with Crippen LogP contribution in [0.25, 0.3) is 0 Å². The van der Waals surface area contributed by atoms with Gasteiger partial charge in [-0.15, -0.1) is 0 Å². The van der Waals surface area contributed by atoms with Crippen LogP contribution in [0.1, 0.15) is 33.1 Å². The molecule has 0 radical (unpaired) electrons. The van der Waals surface area contributed by atoms with Crippen LogP contribution in [-0.2, 0) is 4.79 Å². The van der Waals surface area contributed by atoms with E-state index in [9.17, 15) is 9.59 Å². The van der Waals surface area contributed by atoms with Gasteiger partial charge in [-0.2, -0.15) is 0 Å². The van der Waals surface area contributed by atoms with Crippen LogP contribution in [-0.4, -0.2) is 41.1 Å². The van der Waals surface area contributed by atoms with E-state index in [-0.39, 0.29) is 18.6 Å². The SMILES string of the molecule is CCC(C)NC(=O)N(CC(=O)O)CC1CC1. The highest BCUT2D eigenvalue weighted by Crippen LogP contribution is 2.29. The highest BCUT2D eigenvalue weighted by molar-refractivity contribution is 5.80. The smallest absolute Gasteiger partial charge is 0.323 e. The van der Waals surface area contributed by atoms with E-state index in [1.807, 2.05) is 13.8 Å². The molecule has 2 N–H and O–H groups in total. The molecular formula is C11H20N2O3. The first kappa shape index (κ1) is 12.8. The number of carboxylic acid groups (broad SMARTS) is 1. The van der Waals surface area contributed by atoms with Crippen molar-refractivity contribution in [1.82, 2.24) is 10.2 Å². The van der Waals surface area contributed by atoms with Crippen LogP contribution in [0.2, 0.25) is 0 Å². The van der Waals surface area contributed by atoms with E-state index in [1.54, 1.807) is 0 Å². The molecule has 1 aliphatic carbocycles. The van der Waals surface area contributed by atoms with E-state index in [2.05, 4.69) is 5.32 Å². The summed E-state index contributed by atoms with van der Waals surface area (Å²) in [5.74, 6) is -0.456. The number of hydrogen-bond acceptors (Lipinski definition) is 2. The summed E-state index contributed by atoms with van der Waals surface area (Å²) in [5, 5.41) is 11.5. The third-order valence-electron chi connectivity index (χ3n) is 2.77. The van der Waals surface area contributed by atoms with Gasteiger partial charge in [0.05, 0.1) is 0 Å². The zero-order valence-electron chi connectivity index (χ0n) is 9.90. The predicted molar refractivity (Wildman–Crippen MR) is 60.2 cm³/mol. The molecule has 0 saturated heterocycles. The Labute approximate surface area is 95.8 Å². The van der Waals surface area contributed by atoms with Crippen LogP contribution in [0.5, 0.6) is 0 Å². The van der Waals surface area contributed by atoms with Gasteiger partial charge in [-0.3, -0.25) is 4.79 Å². The lowest BCUT2D eigenvalue weighted by molar-refractivity contribution is -0.137. The van der Waals surface area contributed by atoms with Gasteiger partial charge in [-0.05, 0) is 32.1 Å². The number of carboxylic acids is 1. The van der Waals surface area contributed by atoms with Crippen LogP contribution in [0.3, 0.4) is 0 Å². The van der Waals surface area contributed by atoms with Crippen LogP contribution in [0.15, 0.2) is 0 Å². The molecule has 1 saturated carbocycles. The molecule has 0 aromatic heterocycles. The number of urea groups is 1. The highest BCUT2D eigenvalue weighted by atomic mass is 16.4. The Morgan fingerprint density at radius 2 is 2.12 bits per heavy atom. The molecule has 0 spiro atoms. The molecular weight excluding hydrogens is 208 g/mol. The van der Waals surface area contributed by atoms with Crippen molar-refractivity contribution in [3.8, 4) is 0 Å². The first-order chi connectivity index (χ1) is 7.52. The van der Waals surface area contributed by atoms with E-state index in [0.29, 0.717) is 12.5 Å². The van der Waals surface area contributed by atoms with Crippen LogP contribution in [0, 0.1) is 5.92 Å². The van der Waals surface area contributed by atoms with Gasteiger partial charge in [-0.1, -0.05) is 6.92 Å². The van der Waals surface area contributed by atoms with Gasteiger partial charge in [0, 0.05) is 12.6 Å². The molecule has 0 heterocycles. The average molecular weight is 228 g/mol. The van der Waals surface area contributed by atoms with Crippen molar-refractivity contribution < 1.29 is 14.7 Å². The Bertz CT molecular complexity index is 264. The average Bonchev–Trinajstić information content (AvgIpc) is 2.99. The number of rotatable bonds is 6. The van der Waals surface area contributed by atoms with Crippen molar-refractivity contribution >= 4 is 12.0 Å². The van der Waals surface area contributed by atoms with Gasteiger partial charge in [0.15, 0.2) is 0 Å². The fraction of sp³-hybridized carbons (Fsp3) is 0.818. The lowest BCUT2D eigenvalue weighted by Crippen LogP contribution is -2.46. The largest absolute Gasteiger partial charge is 0.480 e. The Kier molecular flexibility index (Phi) is 4.58. The molecule has 0 bridgehead atoms. The molecule has 5 heteroatoms. The third kappa shape index (κ3) is 4.51. The summed E-state index contributed by atoms with van der Waals surface area (Å²) in [7, 11) is 0. The minimum absolute atomic E-state index is 0.0861. The molecule has 0 aromatic rings. The van der Waals surface area contributed by atoms with Crippen molar-refractivity contribution in [2.75, 3.05) is 13.1 Å². The number of amides is 2. The molecule has 1 atom stereocenters. The fourth-order valence-corrected chi connectivity index (χ4v) is 1.40. The summed E-state index contributed by atoms with van der Waals surface area (Å²) >= 11 is 0. The van der Waals surface area contributed by atoms with Gasteiger partial charge in [0.25, 0.3) is 0 Å². The Balaban J connectivity index is 2.45. The van der Waals surface area contributed by atoms with E-state index in [1.165, 1.54) is 4.90 Å². The van der Waals surface area contributed by atoms with Gasteiger partial charge in [-0.25, -0.2) is 4.79 Å². The van der Waals surface area contributed by atoms with Gasteiger partial charge >= 0.3 is 12.0 Å². The lowest BCUT2D eigenvalue weighted by atomic mass is 10.3. The number of nitrogens with one attached hydrogen (secondary N) is 1. The Morgan fingerprint density at radius 3 is 2.56 bits per heavy atom. The van der Waals surface area contributed by atoms with Crippen molar-refractivity contribution in [3.05, 3.63) is 0 Å². The van der Waals surface area contributed by atoms with Crippen molar-refractivity contribution in [1.29, 1.82) is 0 Å². The molecule has 1 fully saturated rings. The second-order valence-electron chi connectivity index (χ2n) is 4.48. The van der Waals surface area contributed by atoms with E-state index in [0.717, 1.165) is 19.3 Å². The summed E-state index contributed by atoms with van der Waals surface area (Å²) in [5.41, 5.74) is 0. The molecule has 2 amide bonds. The molecule has 1 aliphatic rings.